The van der Waals surface area contributed by atoms with Gasteiger partial charge in [0.15, 0.2) is 0 Å². The van der Waals surface area contributed by atoms with Gasteiger partial charge in [-0.25, -0.2) is 0 Å². The summed E-state index contributed by atoms with van der Waals surface area (Å²) >= 11 is 12.9. The zero-order valence-corrected chi connectivity index (χ0v) is 40.7. The Labute approximate surface area is 423 Å². The SMILES string of the molecule is CC1(C)c2cc(-c3c4ccccc4c(-c4ccc(Cl)cc4)c4ccccc34)ccc2-c2ccc(-c3c4ccccc4c(-c4c5ccccc5c(-c5ccc(Cl)cc5)c5ccccc45)c4ccccc34)cc21. The van der Waals surface area contributed by atoms with E-state index in [-0.39, 0.29) is 5.41 Å². The number of hydrogen-bond donors (Lipinski definition) is 0. The number of benzene rings is 13. The van der Waals surface area contributed by atoms with E-state index in [1.54, 1.807) is 0 Å². The first-order valence-corrected chi connectivity index (χ1v) is 25.2. The highest BCUT2D eigenvalue weighted by Crippen LogP contribution is 2.55. The van der Waals surface area contributed by atoms with Crippen LogP contribution < -0.4 is 0 Å². The van der Waals surface area contributed by atoms with Gasteiger partial charge in [0.05, 0.1) is 0 Å². The van der Waals surface area contributed by atoms with Crippen molar-refractivity contribution in [2.75, 3.05) is 0 Å². The lowest BCUT2D eigenvalue weighted by molar-refractivity contribution is 0.661. The fourth-order valence-corrected chi connectivity index (χ4v) is 12.7. The van der Waals surface area contributed by atoms with Crippen molar-refractivity contribution in [1.82, 2.24) is 0 Å². The van der Waals surface area contributed by atoms with Crippen molar-refractivity contribution in [2.24, 2.45) is 0 Å². The summed E-state index contributed by atoms with van der Waals surface area (Å²) < 4.78 is 0. The molecule has 1 aliphatic rings. The summed E-state index contributed by atoms with van der Waals surface area (Å²) in [4.78, 5) is 0. The topological polar surface area (TPSA) is 0 Å². The van der Waals surface area contributed by atoms with Gasteiger partial charge in [0.2, 0.25) is 0 Å². The molecular formula is C69H44Cl2. The monoisotopic (exact) mass is 942 g/mol. The van der Waals surface area contributed by atoms with Crippen LogP contribution in [0.3, 0.4) is 0 Å². The molecule has 0 saturated carbocycles. The Morgan fingerprint density at radius 2 is 0.451 bits per heavy atom. The first kappa shape index (κ1) is 41.9. The van der Waals surface area contributed by atoms with E-state index in [2.05, 4.69) is 220 Å². The van der Waals surface area contributed by atoms with Crippen molar-refractivity contribution in [3.63, 3.8) is 0 Å². The second kappa shape index (κ2) is 16.0. The highest BCUT2D eigenvalue weighted by atomic mass is 35.5. The van der Waals surface area contributed by atoms with Gasteiger partial charge in [-0.3, -0.25) is 0 Å². The van der Waals surface area contributed by atoms with E-state index < -0.39 is 0 Å². The number of fused-ring (bicyclic) bond motifs is 9. The molecule has 1 aliphatic carbocycles. The van der Waals surface area contributed by atoms with Crippen LogP contribution in [-0.4, -0.2) is 0 Å². The van der Waals surface area contributed by atoms with E-state index in [0.29, 0.717) is 0 Å². The van der Waals surface area contributed by atoms with E-state index in [1.165, 1.54) is 131 Å². The number of halogens is 2. The molecule has 13 aromatic rings. The Kier molecular flexibility index (Phi) is 9.46. The molecule has 0 aromatic heterocycles. The van der Waals surface area contributed by atoms with Gasteiger partial charge in [-0.2, -0.15) is 0 Å². The van der Waals surface area contributed by atoms with Crippen molar-refractivity contribution in [3.05, 3.63) is 252 Å². The van der Waals surface area contributed by atoms with Crippen LogP contribution in [0, 0.1) is 0 Å². The third-order valence-corrected chi connectivity index (χ3v) is 16.1. The molecule has 2 heteroatoms. The Bertz CT molecular complexity index is 4200. The van der Waals surface area contributed by atoms with E-state index >= 15 is 0 Å². The maximum absolute atomic E-state index is 6.45. The van der Waals surface area contributed by atoms with Crippen LogP contribution in [0.2, 0.25) is 10.0 Å². The summed E-state index contributed by atoms with van der Waals surface area (Å²) in [6, 6.07) is 84.8. The summed E-state index contributed by atoms with van der Waals surface area (Å²) in [5, 5.41) is 16.3. The molecule has 0 saturated heterocycles. The molecule has 13 aromatic carbocycles. The van der Waals surface area contributed by atoms with Gasteiger partial charge >= 0.3 is 0 Å². The third-order valence-electron chi connectivity index (χ3n) is 15.6. The third kappa shape index (κ3) is 6.32. The smallest absolute Gasteiger partial charge is 0.0406 e. The largest absolute Gasteiger partial charge is 0.0843 e. The van der Waals surface area contributed by atoms with Crippen molar-refractivity contribution < 1.29 is 0 Å². The number of rotatable bonds is 5. The highest BCUT2D eigenvalue weighted by Gasteiger charge is 2.36. The lowest BCUT2D eigenvalue weighted by Gasteiger charge is -2.24. The predicted molar refractivity (Wildman–Crippen MR) is 306 cm³/mol. The van der Waals surface area contributed by atoms with Gasteiger partial charge < -0.3 is 0 Å². The van der Waals surface area contributed by atoms with Crippen LogP contribution in [0.15, 0.2) is 231 Å². The molecular weight excluding hydrogens is 900 g/mol. The molecule has 334 valence electrons. The molecule has 0 atom stereocenters. The summed E-state index contributed by atoms with van der Waals surface area (Å²) in [6.45, 7) is 4.82. The molecule has 0 fully saturated rings. The molecule has 0 nitrogen and oxygen atoms in total. The van der Waals surface area contributed by atoms with E-state index in [9.17, 15) is 0 Å². The molecule has 14 rings (SSSR count). The maximum Gasteiger partial charge on any atom is 0.0406 e. The van der Waals surface area contributed by atoms with Gasteiger partial charge in [0.1, 0.15) is 0 Å². The minimum Gasteiger partial charge on any atom is -0.0843 e. The molecule has 0 radical (unpaired) electrons. The van der Waals surface area contributed by atoms with Gasteiger partial charge in [0, 0.05) is 15.5 Å². The summed E-state index contributed by atoms with van der Waals surface area (Å²) in [5.74, 6) is 0. The molecule has 0 bridgehead atoms. The van der Waals surface area contributed by atoms with E-state index in [4.69, 9.17) is 23.2 Å². The predicted octanol–water partition coefficient (Wildman–Crippen LogP) is 20.6. The summed E-state index contributed by atoms with van der Waals surface area (Å²) in [5.41, 5.74) is 17.3. The second-order valence-corrected chi connectivity index (χ2v) is 20.6. The van der Waals surface area contributed by atoms with Crippen molar-refractivity contribution >= 4 is 87.8 Å². The Morgan fingerprint density at radius 1 is 0.239 bits per heavy atom. The van der Waals surface area contributed by atoms with Crippen LogP contribution >= 0.6 is 23.2 Å². The zero-order chi connectivity index (χ0) is 47.5. The Balaban J connectivity index is 0.955. The molecule has 0 heterocycles. The fraction of sp³-hybridized carbons (Fsp3) is 0.0435. The lowest BCUT2D eigenvalue weighted by Crippen LogP contribution is -2.15. The minimum atomic E-state index is -0.263. The van der Waals surface area contributed by atoms with Crippen LogP contribution in [-0.2, 0) is 5.41 Å². The van der Waals surface area contributed by atoms with Crippen molar-refractivity contribution in [3.8, 4) is 66.8 Å². The van der Waals surface area contributed by atoms with Gasteiger partial charge in [-0.1, -0.05) is 231 Å². The van der Waals surface area contributed by atoms with Crippen LogP contribution in [0.4, 0.5) is 0 Å². The second-order valence-electron chi connectivity index (χ2n) is 19.7. The number of hydrogen-bond acceptors (Lipinski definition) is 0. The quantitative estimate of drug-likeness (QED) is 0.151. The lowest BCUT2D eigenvalue weighted by atomic mass is 9.79. The average molecular weight is 944 g/mol. The van der Waals surface area contributed by atoms with Crippen LogP contribution in [0.5, 0.6) is 0 Å². The van der Waals surface area contributed by atoms with Crippen LogP contribution in [0.1, 0.15) is 25.0 Å². The molecule has 71 heavy (non-hydrogen) atoms. The van der Waals surface area contributed by atoms with Gasteiger partial charge in [-0.05, 0) is 179 Å². The van der Waals surface area contributed by atoms with Gasteiger partial charge in [-0.15, -0.1) is 0 Å². The maximum atomic E-state index is 6.45. The summed E-state index contributed by atoms with van der Waals surface area (Å²) in [7, 11) is 0. The van der Waals surface area contributed by atoms with Crippen molar-refractivity contribution in [2.45, 2.75) is 19.3 Å². The van der Waals surface area contributed by atoms with Gasteiger partial charge in [0.25, 0.3) is 0 Å². The molecule has 0 amide bonds. The Morgan fingerprint density at radius 3 is 0.704 bits per heavy atom. The average Bonchev–Trinajstić information content (AvgIpc) is 3.63. The first-order chi connectivity index (χ1) is 34.8. The molecule has 0 N–H and O–H groups in total. The Hall–Kier alpha value is -8.00. The highest BCUT2D eigenvalue weighted by molar-refractivity contribution is 6.32. The molecule has 0 aliphatic heterocycles. The van der Waals surface area contributed by atoms with Crippen molar-refractivity contribution in [1.29, 1.82) is 0 Å². The summed E-state index contributed by atoms with van der Waals surface area (Å²) in [6.07, 6.45) is 0. The molecule has 0 unspecified atom stereocenters. The normalized spacial score (nSPS) is 12.9. The fourth-order valence-electron chi connectivity index (χ4n) is 12.4. The zero-order valence-electron chi connectivity index (χ0n) is 39.2. The standard InChI is InChI=1S/C69H44Cl2/c1-69(2)61-39-43(65-51-17-5-3-15-49(51)63(41-27-33-45(70)34-28-41)50-16-4-6-18-52(50)65)31-37-47(61)48-38-32-44(40-62(48)69)66-55-21-9-13-25-59(55)68(60-26-14-10-22-56(60)66)67-57-23-11-7-19-53(57)64(42-29-35-46(71)36-30-42)54-20-8-12-24-58(54)67/h3-40H,1-2H3. The van der Waals surface area contributed by atoms with E-state index in [0.717, 1.165) is 21.2 Å². The first-order valence-electron chi connectivity index (χ1n) is 24.5. The molecule has 0 spiro atoms. The van der Waals surface area contributed by atoms with E-state index in [1.807, 2.05) is 24.3 Å². The minimum absolute atomic E-state index is 0.263. The van der Waals surface area contributed by atoms with Crippen LogP contribution in [0.25, 0.3) is 131 Å².